The first-order valence-electron chi connectivity index (χ1n) is 9.70. The lowest BCUT2D eigenvalue weighted by Gasteiger charge is -2.39. The number of phenols is 1. The number of rotatable bonds is 2. The monoisotopic (exact) mass is 365 g/mol. The second-order valence-corrected chi connectivity index (χ2v) is 7.72. The Morgan fingerprint density at radius 3 is 2.30 bits per heavy atom. The smallest absolute Gasteiger partial charge is 0.254 e. The zero-order valence-electron chi connectivity index (χ0n) is 15.1. The van der Waals surface area contributed by atoms with Crippen LogP contribution in [0.5, 0.6) is 17.2 Å². The van der Waals surface area contributed by atoms with Gasteiger partial charge in [-0.05, 0) is 67.5 Å². The standard InChI is InChI=1S/C22H23NO4/c24-19-6-1-14(2-7-19)16-11-17-4-5-18(12-16)23(17)22(25)15-3-8-20-21(13-15)27-10-9-26-20/h1-3,6-8,13,16-18,24H,4-5,9-12H2. The van der Waals surface area contributed by atoms with Crippen molar-refractivity contribution in [2.24, 2.45) is 0 Å². The molecule has 5 heteroatoms. The summed E-state index contributed by atoms with van der Waals surface area (Å²) in [6, 6.07) is 13.6. The number of piperidine rings is 1. The molecule has 2 aromatic carbocycles. The molecule has 0 aromatic heterocycles. The molecule has 3 aliphatic heterocycles. The minimum atomic E-state index is 0.101. The lowest BCUT2D eigenvalue weighted by molar-refractivity contribution is 0.0570. The van der Waals surface area contributed by atoms with Crippen LogP contribution in [0.25, 0.3) is 0 Å². The molecule has 0 spiro atoms. The highest BCUT2D eigenvalue weighted by Crippen LogP contribution is 2.44. The van der Waals surface area contributed by atoms with Crippen molar-refractivity contribution >= 4 is 5.91 Å². The average molecular weight is 365 g/mol. The summed E-state index contributed by atoms with van der Waals surface area (Å²) in [6.45, 7) is 1.07. The Morgan fingerprint density at radius 1 is 0.926 bits per heavy atom. The third-order valence-electron chi connectivity index (χ3n) is 6.12. The third-order valence-corrected chi connectivity index (χ3v) is 6.12. The summed E-state index contributed by atoms with van der Waals surface area (Å²) in [5.74, 6) is 2.23. The van der Waals surface area contributed by atoms with Gasteiger partial charge in [0.2, 0.25) is 0 Å². The summed E-state index contributed by atoms with van der Waals surface area (Å²) < 4.78 is 11.2. The van der Waals surface area contributed by atoms with Crippen LogP contribution in [0, 0.1) is 0 Å². The number of hydrogen-bond acceptors (Lipinski definition) is 4. The van der Waals surface area contributed by atoms with E-state index in [4.69, 9.17) is 9.47 Å². The van der Waals surface area contributed by atoms with E-state index in [-0.39, 0.29) is 18.0 Å². The number of carbonyl (C=O) groups is 1. The Labute approximate surface area is 158 Å². The Hall–Kier alpha value is -2.69. The molecule has 2 aromatic rings. The molecule has 2 saturated heterocycles. The number of ether oxygens (including phenoxy) is 2. The predicted molar refractivity (Wildman–Crippen MR) is 100 cm³/mol. The van der Waals surface area contributed by atoms with Crippen LogP contribution in [-0.2, 0) is 0 Å². The largest absolute Gasteiger partial charge is 0.508 e. The lowest BCUT2D eigenvalue weighted by Crippen LogP contribution is -2.46. The molecule has 5 rings (SSSR count). The number of nitrogens with zero attached hydrogens (tertiary/aromatic N) is 1. The Morgan fingerprint density at radius 2 is 1.59 bits per heavy atom. The van der Waals surface area contributed by atoms with Crippen molar-refractivity contribution in [1.29, 1.82) is 0 Å². The summed E-state index contributed by atoms with van der Waals surface area (Å²) in [5, 5.41) is 9.52. The fourth-order valence-electron chi connectivity index (χ4n) is 4.85. The Bertz CT molecular complexity index is 849. The molecular weight excluding hydrogens is 342 g/mol. The van der Waals surface area contributed by atoms with E-state index in [0.29, 0.717) is 41.9 Å². The van der Waals surface area contributed by atoms with Crippen LogP contribution in [0.15, 0.2) is 42.5 Å². The van der Waals surface area contributed by atoms with E-state index in [1.54, 1.807) is 12.1 Å². The fraction of sp³-hybridized carbons (Fsp3) is 0.409. The molecule has 1 N–H and O–H groups in total. The summed E-state index contributed by atoms with van der Waals surface area (Å²) >= 11 is 0. The van der Waals surface area contributed by atoms with E-state index in [1.165, 1.54) is 5.56 Å². The van der Waals surface area contributed by atoms with Crippen molar-refractivity contribution < 1.29 is 19.4 Å². The molecule has 140 valence electrons. The molecule has 3 aliphatic rings. The van der Waals surface area contributed by atoms with Gasteiger partial charge in [0.1, 0.15) is 19.0 Å². The third kappa shape index (κ3) is 2.91. The molecule has 0 aliphatic carbocycles. The summed E-state index contributed by atoms with van der Waals surface area (Å²) in [7, 11) is 0. The highest BCUT2D eigenvalue weighted by Gasteiger charge is 2.43. The molecule has 2 fully saturated rings. The number of fused-ring (bicyclic) bond motifs is 3. The molecule has 0 radical (unpaired) electrons. The highest BCUT2D eigenvalue weighted by molar-refractivity contribution is 5.95. The Balaban J connectivity index is 1.36. The van der Waals surface area contributed by atoms with Crippen molar-refractivity contribution in [2.75, 3.05) is 13.2 Å². The van der Waals surface area contributed by atoms with Gasteiger partial charge in [0.15, 0.2) is 11.5 Å². The van der Waals surface area contributed by atoms with Gasteiger partial charge in [-0.3, -0.25) is 4.79 Å². The van der Waals surface area contributed by atoms with Gasteiger partial charge in [-0.15, -0.1) is 0 Å². The van der Waals surface area contributed by atoms with E-state index in [9.17, 15) is 9.90 Å². The first-order valence-corrected chi connectivity index (χ1v) is 9.70. The first-order chi connectivity index (χ1) is 13.2. The van der Waals surface area contributed by atoms with E-state index in [0.717, 1.165) is 25.7 Å². The lowest BCUT2D eigenvalue weighted by atomic mass is 9.84. The maximum Gasteiger partial charge on any atom is 0.254 e. The van der Waals surface area contributed by atoms with E-state index < -0.39 is 0 Å². The van der Waals surface area contributed by atoms with Gasteiger partial charge in [-0.1, -0.05) is 12.1 Å². The van der Waals surface area contributed by atoms with Gasteiger partial charge >= 0.3 is 0 Å². The van der Waals surface area contributed by atoms with Crippen LogP contribution in [0.4, 0.5) is 0 Å². The van der Waals surface area contributed by atoms with Gasteiger partial charge in [0.25, 0.3) is 5.91 Å². The topological polar surface area (TPSA) is 59.0 Å². The zero-order valence-corrected chi connectivity index (χ0v) is 15.1. The van der Waals surface area contributed by atoms with Crippen molar-refractivity contribution in [3.63, 3.8) is 0 Å². The van der Waals surface area contributed by atoms with Gasteiger partial charge in [-0.2, -0.15) is 0 Å². The predicted octanol–water partition coefficient (Wildman–Crippen LogP) is 3.71. The van der Waals surface area contributed by atoms with Gasteiger partial charge < -0.3 is 19.5 Å². The summed E-state index contributed by atoms with van der Waals surface area (Å²) in [5.41, 5.74) is 1.94. The number of amides is 1. The fourth-order valence-corrected chi connectivity index (χ4v) is 4.85. The van der Waals surface area contributed by atoms with Gasteiger partial charge in [0.05, 0.1) is 0 Å². The SMILES string of the molecule is O=C(c1ccc2c(c1)OCCO2)N1C2CCC1CC(c1ccc(O)cc1)C2. The molecule has 2 atom stereocenters. The molecule has 3 heterocycles. The molecule has 2 bridgehead atoms. The maximum atomic E-state index is 13.2. The maximum absolute atomic E-state index is 13.2. The van der Waals surface area contributed by atoms with E-state index in [1.807, 2.05) is 30.3 Å². The van der Waals surface area contributed by atoms with E-state index >= 15 is 0 Å². The van der Waals surface area contributed by atoms with Crippen LogP contribution in [-0.4, -0.2) is 41.2 Å². The second-order valence-electron chi connectivity index (χ2n) is 7.72. The quantitative estimate of drug-likeness (QED) is 0.881. The van der Waals surface area contributed by atoms with Crippen LogP contribution >= 0.6 is 0 Å². The average Bonchev–Trinajstić information content (AvgIpc) is 2.97. The molecule has 2 unspecified atom stereocenters. The van der Waals surface area contributed by atoms with Crippen molar-refractivity contribution in [3.05, 3.63) is 53.6 Å². The zero-order chi connectivity index (χ0) is 18.4. The van der Waals surface area contributed by atoms with Crippen LogP contribution in [0.3, 0.4) is 0 Å². The van der Waals surface area contributed by atoms with Crippen molar-refractivity contribution in [3.8, 4) is 17.2 Å². The Kier molecular flexibility index (Phi) is 3.96. The normalized spacial score (nSPS) is 26.1. The minimum Gasteiger partial charge on any atom is -0.508 e. The minimum absolute atomic E-state index is 0.101. The second kappa shape index (κ2) is 6.48. The molecular formula is C22H23NO4. The number of hydrogen-bond donors (Lipinski definition) is 1. The highest BCUT2D eigenvalue weighted by atomic mass is 16.6. The number of carbonyl (C=O) groups excluding carboxylic acids is 1. The molecule has 1 amide bonds. The number of benzene rings is 2. The number of phenolic OH excluding ortho intramolecular Hbond substituents is 1. The molecule has 0 saturated carbocycles. The van der Waals surface area contributed by atoms with Crippen molar-refractivity contribution in [1.82, 2.24) is 4.90 Å². The van der Waals surface area contributed by atoms with Crippen LogP contribution in [0.2, 0.25) is 0 Å². The first kappa shape index (κ1) is 16.5. The van der Waals surface area contributed by atoms with Crippen molar-refractivity contribution in [2.45, 2.75) is 43.7 Å². The van der Waals surface area contributed by atoms with Gasteiger partial charge in [-0.25, -0.2) is 0 Å². The summed E-state index contributed by atoms with van der Waals surface area (Å²) in [4.78, 5) is 15.3. The molecule has 5 nitrogen and oxygen atoms in total. The summed E-state index contributed by atoms with van der Waals surface area (Å²) in [6.07, 6.45) is 4.10. The molecule has 27 heavy (non-hydrogen) atoms. The van der Waals surface area contributed by atoms with Crippen LogP contribution < -0.4 is 9.47 Å². The number of aromatic hydroxyl groups is 1. The van der Waals surface area contributed by atoms with Gasteiger partial charge in [0, 0.05) is 17.6 Å². The van der Waals surface area contributed by atoms with E-state index in [2.05, 4.69) is 4.90 Å². The van der Waals surface area contributed by atoms with Crippen LogP contribution in [0.1, 0.15) is 47.5 Å².